The Balaban J connectivity index is 4.85. The van der Waals surface area contributed by atoms with Crippen LogP contribution in [0.1, 0.15) is 20.3 Å². The summed E-state index contributed by atoms with van der Waals surface area (Å²) in [5, 5.41) is 8.37. The third-order valence-corrected chi connectivity index (χ3v) is 1.62. The van der Waals surface area contributed by atoms with Crippen molar-refractivity contribution in [3.8, 4) is 0 Å². The van der Waals surface area contributed by atoms with E-state index in [1.54, 1.807) is 0 Å². The van der Waals surface area contributed by atoms with E-state index in [0.717, 1.165) is 0 Å². The van der Waals surface area contributed by atoms with E-state index in [4.69, 9.17) is 10.8 Å². The number of hydrogen-bond acceptors (Lipinski definition) is 2. The van der Waals surface area contributed by atoms with Crippen LogP contribution in [0.15, 0.2) is 0 Å². The van der Waals surface area contributed by atoms with Crippen LogP contribution in [0, 0.1) is 5.92 Å². The third kappa shape index (κ3) is 2.58. The molecule has 0 fully saturated rings. The van der Waals surface area contributed by atoms with Gasteiger partial charge in [0.05, 0.1) is 0 Å². The summed E-state index contributed by atoms with van der Waals surface area (Å²) < 4.78 is 36.6. The minimum absolute atomic E-state index is 0.428. The minimum Gasteiger partial charge on any atom is -0.480 e. The maximum absolute atomic E-state index is 12.2. The number of hydrogen-bond donors (Lipinski definition) is 2. The summed E-state index contributed by atoms with van der Waals surface area (Å²) in [6.45, 7) is 2.96. The van der Waals surface area contributed by atoms with Gasteiger partial charge in [-0.2, -0.15) is 13.2 Å². The fourth-order valence-electron chi connectivity index (χ4n) is 0.968. The normalized spacial score (nSPS) is 17.2. The van der Waals surface area contributed by atoms with Gasteiger partial charge in [0.25, 0.3) is 0 Å². The SMILES string of the molecule is CC(C)C[C@@](N)(C(=O)O)C(F)(F)F. The molecule has 0 aliphatic heterocycles. The van der Waals surface area contributed by atoms with Crippen LogP contribution in [-0.4, -0.2) is 22.8 Å². The van der Waals surface area contributed by atoms with E-state index in [9.17, 15) is 18.0 Å². The van der Waals surface area contributed by atoms with E-state index in [1.165, 1.54) is 13.8 Å². The highest BCUT2D eigenvalue weighted by atomic mass is 19.4. The summed E-state index contributed by atoms with van der Waals surface area (Å²) in [6, 6.07) is 0. The Hall–Kier alpha value is -0.780. The Labute approximate surface area is 73.7 Å². The van der Waals surface area contributed by atoms with Gasteiger partial charge >= 0.3 is 12.1 Å². The Morgan fingerprint density at radius 3 is 1.92 bits per heavy atom. The molecule has 0 saturated heterocycles. The quantitative estimate of drug-likeness (QED) is 0.721. The fraction of sp³-hybridized carbons (Fsp3) is 0.857. The molecule has 0 aromatic rings. The molecule has 0 spiro atoms. The van der Waals surface area contributed by atoms with E-state index in [0.29, 0.717) is 0 Å². The first kappa shape index (κ1) is 12.2. The largest absolute Gasteiger partial charge is 0.480 e. The molecule has 0 aromatic heterocycles. The second-order valence-corrected chi connectivity index (χ2v) is 3.37. The van der Waals surface area contributed by atoms with Crippen LogP contribution in [0.5, 0.6) is 0 Å². The summed E-state index contributed by atoms with van der Waals surface area (Å²) in [6.07, 6.45) is -5.53. The monoisotopic (exact) mass is 199 g/mol. The zero-order valence-electron chi connectivity index (χ0n) is 7.35. The highest BCUT2D eigenvalue weighted by Gasteiger charge is 2.58. The Morgan fingerprint density at radius 2 is 1.85 bits per heavy atom. The smallest absolute Gasteiger partial charge is 0.417 e. The van der Waals surface area contributed by atoms with Gasteiger partial charge in [0, 0.05) is 0 Å². The molecule has 3 nitrogen and oxygen atoms in total. The van der Waals surface area contributed by atoms with Gasteiger partial charge in [-0.25, -0.2) is 4.79 Å². The Morgan fingerprint density at radius 1 is 1.46 bits per heavy atom. The van der Waals surface area contributed by atoms with E-state index < -0.39 is 30.0 Å². The van der Waals surface area contributed by atoms with Crippen molar-refractivity contribution < 1.29 is 23.1 Å². The van der Waals surface area contributed by atoms with Gasteiger partial charge in [0.15, 0.2) is 0 Å². The van der Waals surface area contributed by atoms with Crippen molar-refractivity contribution in [3.05, 3.63) is 0 Å². The molecule has 0 aliphatic rings. The zero-order valence-corrected chi connectivity index (χ0v) is 7.35. The van der Waals surface area contributed by atoms with Crippen molar-refractivity contribution in [1.82, 2.24) is 0 Å². The van der Waals surface area contributed by atoms with Crippen LogP contribution in [0.4, 0.5) is 13.2 Å². The van der Waals surface area contributed by atoms with Crippen LogP contribution in [-0.2, 0) is 4.79 Å². The average molecular weight is 199 g/mol. The van der Waals surface area contributed by atoms with Gasteiger partial charge in [-0.05, 0) is 12.3 Å². The molecule has 3 N–H and O–H groups in total. The van der Waals surface area contributed by atoms with Gasteiger partial charge < -0.3 is 10.8 Å². The maximum Gasteiger partial charge on any atom is 0.417 e. The number of halogens is 3. The fourth-order valence-corrected chi connectivity index (χ4v) is 0.968. The van der Waals surface area contributed by atoms with E-state index in [-0.39, 0.29) is 0 Å². The van der Waals surface area contributed by atoms with Crippen LogP contribution < -0.4 is 5.73 Å². The zero-order chi connectivity index (χ0) is 10.9. The first-order valence-electron chi connectivity index (χ1n) is 3.70. The van der Waals surface area contributed by atoms with Crippen LogP contribution in [0.3, 0.4) is 0 Å². The number of carboxylic acids is 1. The molecule has 0 rings (SSSR count). The summed E-state index contributed by atoms with van der Waals surface area (Å²) in [4.78, 5) is 10.4. The molecule has 0 unspecified atom stereocenters. The van der Waals surface area contributed by atoms with Crippen molar-refractivity contribution in [2.24, 2.45) is 11.7 Å². The third-order valence-electron chi connectivity index (χ3n) is 1.62. The topological polar surface area (TPSA) is 63.3 Å². The minimum atomic E-state index is -4.91. The first-order chi connectivity index (χ1) is 5.61. The van der Waals surface area contributed by atoms with Gasteiger partial charge in [-0.15, -0.1) is 0 Å². The lowest BCUT2D eigenvalue weighted by molar-refractivity contribution is -0.205. The molecule has 0 amide bonds. The Bertz CT molecular complexity index is 202. The first-order valence-corrected chi connectivity index (χ1v) is 3.70. The van der Waals surface area contributed by atoms with Gasteiger partial charge in [0.2, 0.25) is 5.54 Å². The number of carboxylic acid groups (broad SMARTS) is 1. The number of nitrogens with two attached hydrogens (primary N) is 1. The lowest BCUT2D eigenvalue weighted by atomic mass is 9.89. The molecule has 1 atom stereocenters. The summed E-state index contributed by atoms with van der Waals surface area (Å²) in [7, 11) is 0. The van der Waals surface area contributed by atoms with Gasteiger partial charge in [0.1, 0.15) is 0 Å². The van der Waals surface area contributed by atoms with Crippen molar-refractivity contribution in [1.29, 1.82) is 0 Å². The lowest BCUT2D eigenvalue weighted by Crippen LogP contribution is -2.60. The second-order valence-electron chi connectivity index (χ2n) is 3.37. The molecular formula is C7H12F3NO2. The molecule has 0 aromatic carbocycles. The van der Waals surface area contributed by atoms with E-state index >= 15 is 0 Å². The highest BCUT2D eigenvalue weighted by molar-refractivity contribution is 5.79. The molecule has 0 aliphatic carbocycles. The van der Waals surface area contributed by atoms with Crippen molar-refractivity contribution in [2.75, 3.05) is 0 Å². The predicted octanol–water partition coefficient (Wildman–Crippen LogP) is 1.38. The van der Waals surface area contributed by atoms with Crippen molar-refractivity contribution in [3.63, 3.8) is 0 Å². The van der Waals surface area contributed by atoms with Gasteiger partial charge in [-0.1, -0.05) is 13.8 Å². The standard InChI is InChI=1S/C7H12F3NO2/c1-4(2)3-6(11,5(12)13)7(8,9)10/h4H,3,11H2,1-2H3,(H,12,13)/t6-/m1/s1. The molecule has 0 saturated carbocycles. The molecular weight excluding hydrogens is 187 g/mol. The van der Waals surface area contributed by atoms with Gasteiger partial charge in [-0.3, -0.25) is 0 Å². The second kappa shape index (κ2) is 3.53. The van der Waals surface area contributed by atoms with E-state index in [2.05, 4.69) is 0 Å². The summed E-state index contributed by atoms with van der Waals surface area (Å²) >= 11 is 0. The molecule has 13 heavy (non-hydrogen) atoms. The summed E-state index contributed by atoms with van der Waals surface area (Å²) in [5.74, 6) is -2.46. The lowest BCUT2D eigenvalue weighted by Gasteiger charge is -2.28. The van der Waals surface area contributed by atoms with Crippen LogP contribution in [0.2, 0.25) is 0 Å². The predicted molar refractivity (Wildman–Crippen MR) is 40.1 cm³/mol. The average Bonchev–Trinajstić information content (AvgIpc) is 1.82. The van der Waals surface area contributed by atoms with Crippen molar-refractivity contribution >= 4 is 5.97 Å². The highest BCUT2D eigenvalue weighted by Crippen LogP contribution is 2.33. The van der Waals surface area contributed by atoms with Crippen LogP contribution >= 0.6 is 0 Å². The number of aliphatic carboxylic acids is 1. The van der Waals surface area contributed by atoms with E-state index in [1.807, 2.05) is 0 Å². The molecule has 78 valence electrons. The number of alkyl halides is 3. The number of rotatable bonds is 3. The Kier molecular flexibility index (Phi) is 3.32. The van der Waals surface area contributed by atoms with Crippen molar-refractivity contribution in [2.45, 2.75) is 32.0 Å². The van der Waals surface area contributed by atoms with Crippen LogP contribution in [0.25, 0.3) is 0 Å². The molecule has 0 bridgehead atoms. The molecule has 6 heteroatoms. The molecule has 0 heterocycles. The number of carbonyl (C=O) groups is 1. The molecule has 0 radical (unpaired) electrons. The maximum atomic E-state index is 12.2. The summed E-state index contributed by atoms with van der Waals surface area (Å²) in [5.41, 5.74) is 1.67.